The van der Waals surface area contributed by atoms with Crippen LogP contribution < -0.4 is 0 Å². The zero-order chi connectivity index (χ0) is 22.4. The molecule has 1 aliphatic rings. The zero-order valence-electron chi connectivity index (χ0n) is 18.0. The average Bonchev–Trinajstić information content (AvgIpc) is 2.78. The van der Waals surface area contributed by atoms with Crippen LogP contribution in [0.5, 0.6) is 0 Å². The Morgan fingerprint density at radius 3 is 2.45 bits per heavy atom. The van der Waals surface area contributed by atoms with Crippen LogP contribution in [0.1, 0.15) is 58.4 Å². The van der Waals surface area contributed by atoms with Gasteiger partial charge in [0.1, 0.15) is 0 Å². The van der Waals surface area contributed by atoms with E-state index in [1.165, 1.54) is 25.3 Å². The van der Waals surface area contributed by atoms with Crippen LogP contribution in [0.25, 0.3) is 11.1 Å². The number of amides is 1. The Hall–Kier alpha value is -3.21. The van der Waals surface area contributed by atoms with Gasteiger partial charge in [0, 0.05) is 24.7 Å². The summed E-state index contributed by atoms with van der Waals surface area (Å²) in [6.07, 6.45) is 6.93. The van der Waals surface area contributed by atoms with Crippen LogP contribution in [0.3, 0.4) is 0 Å². The number of benzene rings is 2. The van der Waals surface area contributed by atoms with E-state index in [4.69, 9.17) is 0 Å². The van der Waals surface area contributed by atoms with Crippen LogP contribution >= 0.6 is 0 Å². The molecule has 0 spiro atoms. The Bertz CT molecular complexity index is 989. The Morgan fingerprint density at radius 1 is 1.06 bits per heavy atom. The molecular weight excluding hydrogens is 390 g/mol. The maximum Gasteiger partial charge on any atom is 0.307 e. The number of rotatable bonds is 8. The zero-order valence-corrected chi connectivity index (χ0v) is 18.0. The molecule has 0 unspecified atom stereocenters. The third-order valence-electron chi connectivity index (χ3n) is 5.97. The van der Waals surface area contributed by atoms with Crippen LogP contribution in [-0.2, 0) is 11.2 Å². The number of nitrogens with zero attached hydrogens (tertiary/aromatic N) is 1. The standard InChI is InChI=1S/C26H29NO4/c1-3-24(28)23-12-8-7-11-21(23)19-13-14-22(20(15-19)16-25(29)30)26(31)27(2)17-18-9-5-4-6-10-18/h3,7-8,11-15,18H,1,4-6,9-10,16-17H2,2H3,(H,29,30). The molecule has 0 saturated heterocycles. The molecule has 5 heteroatoms. The number of carboxylic acid groups (broad SMARTS) is 1. The summed E-state index contributed by atoms with van der Waals surface area (Å²) >= 11 is 0. The molecule has 3 rings (SSSR count). The molecule has 1 fully saturated rings. The molecule has 0 aromatic heterocycles. The van der Waals surface area contributed by atoms with Gasteiger partial charge in [-0.15, -0.1) is 0 Å². The SMILES string of the molecule is C=CC(=O)c1ccccc1-c1ccc(C(=O)N(C)CC2CCCCC2)c(CC(=O)O)c1. The normalized spacial score (nSPS) is 14.1. The minimum Gasteiger partial charge on any atom is -0.481 e. The summed E-state index contributed by atoms with van der Waals surface area (Å²) in [5, 5.41) is 9.42. The maximum atomic E-state index is 13.2. The number of hydrogen-bond acceptors (Lipinski definition) is 3. The lowest BCUT2D eigenvalue weighted by Crippen LogP contribution is -2.33. The van der Waals surface area contributed by atoms with Gasteiger partial charge < -0.3 is 10.0 Å². The van der Waals surface area contributed by atoms with Crippen LogP contribution in [0.15, 0.2) is 55.1 Å². The number of carbonyl (C=O) groups is 3. The van der Waals surface area contributed by atoms with Crippen molar-refractivity contribution in [3.8, 4) is 11.1 Å². The van der Waals surface area contributed by atoms with Crippen molar-refractivity contribution >= 4 is 17.7 Å². The van der Waals surface area contributed by atoms with Gasteiger partial charge in [0.15, 0.2) is 5.78 Å². The van der Waals surface area contributed by atoms with Gasteiger partial charge in [-0.1, -0.05) is 56.2 Å². The van der Waals surface area contributed by atoms with E-state index in [0.29, 0.717) is 40.3 Å². The molecule has 31 heavy (non-hydrogen) atoms. The van der Waals surface area contributed by atoms with Gasteiger partial charge in [0.2, 0.25) is 0 Å². The molecule has 1 saturated carbocycles. The third-order valence-corrected chi connectivity index (χ3v) is 5.97. The van der Waals surface area contributed by atoms with Gasteiger partial charge in [-0.3, -0.25) is 14.4 Å². The Balaban J connectivity index is 1.93. The van der Waals surface area contributed by atoms with Gasteiger partial charge in [0.25, 0.3) is 5.91 Å². The lowest BCUT2D eigenvalue weighted by Gasteiger charge is -2.27. The highest BCUT2D eigenvalue weighted by Gasteiger charge is 2.22. The van der Waals surface area contributed by atoms with Crippen molar-refractivity contribution in [2.24, 2.45) is 5.92 Å². The van der Waals surface area contributed by atoms with Crippen molar-refractivity contribution in [2.75, 3.05) is 13.6 Å². The van der Waals surface area contributed by atoms with Crippen molar-refractivity contribution in [2.45, 2.75) is 38.5 Å². The van der Waals surface area contributed by atoms with Crippen LogP contribution in [0.2, 0.25) is 0 Å². The molecule has 1 amide bonds. The van der Waals surface area contributed by atoms with E-state index in [0.717, 1.165) is 12.8 Å². The molecular formula is C26H29NO4. The molecule has 0 atom stereocenters. The summed E-state index contributed by atoms with van der Waals surface area (Å²) < 4.78 is 0. The van der Waals surface area contributed by atoms with E-state index in [-0.39, 0.29) is 18.1 Å². The van der Waals surface area contributed by atoms with Crippen LogP contribution in [0.4, 0.5) is 0 Å². The van der Waals surface area contributed by atoms with E-state index < -0.39 is 5.97 Å². The highest BCUT2D eigenvalue weighted by atomic mass is 16.4. The van der Waals surface area contributed by atoms with Gasteiger partial charge in [0.05, 0.1) is 6.42 Å². The monoisotopic (exact) mass is 419 g/mol. The predicted octanol–water partition coefficient (Wildman–Crippen LogP) is 5.00. The Morgan fingerprint density at radius 2 is 1.77 bits per heavy atom. The summed E-state index contributed by atoms with van der Waals surface area (Å²) in [4.78, 5) is 38.6. The molecule has 0 radical (unpaired) electrons. The van der Waals surface area contributed by atoms with E-state index in [1.54, 1.807) is 42.3 Å². The first-order chi connectivity index (χ1) is 14.9. The minimum absolute atomic E-state index is 0.163. The first kappa shape index (κ1) is 22.5. The minimum atomic E-state index is -1.00. The number of aliphatic carboxylic acids is 1. The van der Waals surface area contributed by atoms with E-state index in [9.17, 15) is 19.5 Å². The first-order valence-electron chi connectivity index (χ1n) is 10.8. The fraction of sp³-hybridized carbons (Fsp3) is 0.346. The molecule has 162 valence electrons. The van der Waals surface area contributed by atoms with E-state index in [1.807, 2.05) is 12.1 Å². The predicted molar refractivity (Wildman–Crippen MR) is 121 cm³/mol. The molecule has 5 nitrogen and oxygen atoms in total. The van der Waals surface area contributed by atoms with E-state index in [2.05, 4.69) is 6.58 Å². The number of carboxylic acids is 1. The fourth-order valence-electron chi connectivity index (χ4n) is 4.38. The van der Waals surface area contributed by atoms with Crippen molar-refractivity contribution < 1.29 is 19.5 Å². The highest BCUT2D eigenvalue weighted by Crippen LogP contribution is 2.29. The Labute approximate surface area is 183 Å². The molecule has 0 aliphatic heterocycles. The van der Waals surface area contributed by atoms with Crippen molar-refractivity contribution in [3.63, 3.8) is 0 Å². The largest absolute Gasteiger partial charge is 0.481 e. The lowest BCUT2D eigenvalue weighted by atomic mass is 9.88. The van der Waals surface area contributed by atoms with Crippen LogP contribution in [0, 0.1) is 5.92 Å². The summed E-state index contributed by atoms with van der Waals surface area (Å²) in [5.41, 5.74) is 2.73. The number of hydrogen-bond donors (Lipinski definition) is 1. The number of allylic oxidation sites excluding steroid dienone is 1. The lowest BCUT2D eigenvalue weighted by molar-refractivity contribution is -0.136. The van der Waals surface area contributed by atoms with Crippen molar-refractivity contribution in [1.29, 1.82) is 0 Å². The number of ketones is 1. The average molecular weight is 420 g/mol. The summed E-state index contributed by atoms with van der Waals surface area (Å²) in [6.45, 7) is 4.24. The third kappa shape index (κ3) is 5.48. The summed E-state index contributed by atoms with van der Waals surface area (Å²) in [5.74, 6) is -0.871. The Kier molecular flexibility index (Phi) is 7.40. The van der Waals surface area contributed by atoms with Crippen LogP contribution in [-0.4, -0.2) is 41.3 Å². The second kappa shape index (κ2) is 10.2. The molecule has 0 bridgehead atoms. The second-order valence-corrected chi connectivity index (χ2v) is 8.25. The van der Waals surface area contributed by atoms with Crippen molar-refractivity contribution in [1.82, 2.24) is 4.90 Å². The second-order valence-electron chi connectivity index (χ2n) is 8.25. The van der Waals surface area contributed by atoms with E-state index >= 15 is 0 Å². The molecule has 2 aromatic rings. The first-order valence-corrected chi connectivity index (χ1v) is 10.8. The fourth-order valence-corrected chi connectivity index (χ4v) is 4.38. The van der Waals surface area contributed by atoms with Gasteiger partial charge in [-0.2, -0.15) is 0 Å². The van der Waals surface area contributed by atoms with Gasteiger partial charge >= 0.3 is 5.97 Å². The maximum absolute atomic E-state index is 13.2. The summed E-state index contributed by atoms with van der Waals surface area (Å²) in [7, 11) is 1.79. The molecule has 2 aromatic carbocycles. The quantitative estimate of drug-likeness (QED) is 0.483. The van der Waals surface area contributed by atoms with Crippen molar-refractivity contribution in [3.05, 3.63) is 71.8 Å². The van der Waals surface area contributed by atoms with Gasteiger partial charge in [-0.25, -0.2) is 0 Å². The summed E-state index contributed by atoms with van der Waals surface area (Å²) in [6, 6.07) is 12.3. The topological polar surface area (TPSA) is 74.7 Å². The molecule has 0 heterocycles. The number of carbonyl (C=O) groups excluding carboxylic acids is 2. The highest BCUT2D eigenvalue weighted by molar-refractivity contribution is 6.09. The smallest absolute Gasteiger partial charge is 0.307 e. The van der Waals surface area contributed by atoms with Gasteiger partial charge in [-0.05, 0) is 53.7 Å². The molecule has 1 N–H and O–H groups in total. The molecule has 1 aliphatic carbocycles.